The number of aliphatic hydroxyl groups excluding tert-OH is 1. The van der Waals surface area contributed by atoms with Gasteiger partial charge in [0.25, 0.3) is 0 Å². The van der Waals surface area contributed by atoms with Crippen LogP contribution in [0.25, 0.3) is 32.8 Å². The lowest BCUT2D eigenvalue weighted by Gasteiger charge is -2.41. The number of hydrogen-bond donors (Lipinski definition) is 2. The van der Waals surface area contributed by atoms with Gasteiger partial charge < -0.3 is 33.4 Å². The molecule has 2 N–H and O–H groups in total. The maximum absolute atomic E-state index is 13.5. The normalized spacial score (nSPS) is 18.3. The quantitative estimate of drug-likeness (QED) is 0.271. The molecule has 38 heavy (non-hydrogen) atoms. The number of nitrogens with zero attached hydrogens (tertiary/aromatic N) is 1. The predicted molar refractivity (Wildman–Crippen MR) is 141 cm³/mol. The molecule has 2 atom stereocenters. The molecule has 2 aromatic heterocycles. The standard InChI is InChI=1S/C29H25NO8/c1-29(2)28(34)27(23-19(38-29)10-8-14-9-11-21(32)37-26(14)23)36-20-7-5-6-16-24(20)30(3)17-12-15(35-4)13-18(31)22(17)25(16)33/h5-13,27-28,31,34H,1-4H3. The predicted octanol–water partition coefficient (Wildman–Crippen LogP) is 4.16. The molecule has 9 heteroatoms. The van der Waals surface area contributed by atoms with Crippen molar-refractivity contribution in [1.82, 2.24) is 4.57 Å². The summed E-state index contributed by atoms with van der Waals surface area (Å²) in [6, 6.07) is 14.6. The number of aryl methyl sites for hydroxylation is 1. The molecule has 3 heterocycles. The number of phenols is 1. The van der Waals surface area contributed by atoms with Crippen LogP contribution in [0.3, 0.4) is 0 Å². The van der Waals surface area contributed by atoms with E-state index in [1.54, 1.807) is 67.9 Å². The van der Waals surface area contributed by atoms with Gasteiger partial charge in [-0.1, -0.05) is 6.07 Å². The molecule has 6 rings (SSSR count). The maximum Gasteiger partial charge on any atom is 0.336 e. The van der Waals surface area contributed by atoms with Gasteiger partial charge in [-0.15, -0.1) is 0 Å². The highest BCUT2D eigenvalue weighted by Crippen LogP contribution is 2.46. The van der Waals surface area contributed by atoms with E-state index in [0.717, 1.165) is 0 Å². The van der Waals surface area contributed by atoms with Crippen molar-refractivity contribution in [2.75, 3.05) is 7.11 Å². The molecule has 0 fully saturated rings. The Hall–Kier alpha value is -4.50. The summed E-state index contributed by atoms with van der Waals surface area (Å²) in [5.41, 5.74) is -0.404. The number of para-hydroxylation sites is 1. The molecule has 0 aliphatic carbocycles. The summed E-state index contributed by atoms with van der Waals surface area (Å²) in [5.74, 6) is 0.931. The smallest absolute Gasteiger partial charge is 0.336 e. The van der Waals surface area contributed by atoms with Crippen molar-refractivity contribution in [3.05, 3.63) is 80.8 Å². The number of pyridine rings is 1. The van der Waals surface area contributed by atoms with E-state index >= 15 is 0 Å². The van der Waals surface area contributed by atoms with Crippen molar-refractivity contribution < 1.29 is 28.8 Å². The SMILES string of the molecule is COc1cc(O)c2c(=O)c3cccc(OC4c5c(ccc6ccc(=O)oc56)OC(C)(C)C4O)c3n(C)c2c1. The second-order valence-electron chi connectivity index (χ2n) is 9.92. The van der Waals surface area contributed by atoms with Crippen molar-refractivity contribution in [2.45, 2.75) is 31.7 Å². The molecule has 0 amide bonds. The lowest BCUT2D eigenvalue weighted by Crippen LogP contribution is -2.50. The fourth-order valence-electron chi connectivity index (χ4n) is 5.22. The van der Waals surface area contributed by atoms with Crippen molar-refractivity contribution in [3.63, 3.8) is 0 Å². The Morgan fingerprint density at radius 3 is 2.58 bits per heavy atom. The third-order valence-corrected chi connectivity index (χ3v) is 7.17. The second kappa shape index (κ2) is 8.26. The lowest BCUT2D eigenvalue weighted by molar-refractivity contribution is -0.102. The summed E-state index contributed by atoms with van der Waals surface area (Å²) < 4.78 is 25.2. The van der Waals surface area contributed by atoms with Crippen LogP contribution in [0.2, 0.25) is 0 Å². The molecule has 0 radical (unpaired) electrons. The van der Waals surface area contributed by atoms with Gasteiger partial charge in [0, 0.05) is 30.6 Å². The largest absolute Gasteiger partial charge is 0.507 e. The Labute approximate surface area is 216 Å². The zero-order valence-electron chi connectivity index (χ0n) is 21.1. The number of hydrogen-bond acceptors (Lipinski definition) is 8. The first-order valence-corrected chi connectivity index (χ1v) is 12.0. The fourth-order valence-corrected chi connectivity index (χ4v) is 5.22. The number of fused-ring (bicyclic) bond motifs is 5. The summed E-state index contributed by atoms with van der Waals surface area (Å²) >= 11 is 0. The van der Waals surface area contributed by atoms with E-state index in [1.165, 1.54) is 19.2 Å². The highest BCUT2D eigenvalue weighted by molar-refractivity contribution is 5.99. The van der Waals surface area contributed by atoms with Gasteiger partial charge in [-0.05, 0) is 44.2 Å². The molecule has 0 bridgehead atoms. The van der Waals surface area contributed by atoms with Gasteiger partial charge in [-0.3, -0.25) is 4.79 Å². The fraction of sp³-hybridized carbons (Fsp3) is 0.241. The molecule has 2 unspecified atom stereocenters. The Kier molecular flexibility index (Phi) is 5.19. The van der Waals surface area contributed by atoms with Crippen LogP contribution < -0.4 is 25.3 Å². The average molecular weight is 516 g/mol. The Morgan fingerprint density at radius 2 is 1.82 bits per heavy atom. The Morgan fingerprint density at radius 1 is 1.05 bits per heavy atom. The number of rotatable bonds is 3. The third-order valence-electron chi connectivity index (χ3n) is 7.17. The van der Waals surface area contributed by atoms with E-state index in [-0.39, 0.29) is 22.1 Å². The summed E-state index contributed by atoms with van der Waals surface area (Å²) in [7, 11) is 3.23. The number of ether oxygens (including phenoxy) is 3. The number of methoxy groups -OCH3 is 1. The molecule has 3 aromatic carbocycles. The minimum atomic E-state index is -1.16. The van der Waals surface area contributed by atoms with E-state index in [0.29, 0.717) is 44.6 Å². The number of aromatic nitrogens is 1. The molecule has 9 nitrogen and oxygen atoms in total. The van der Waals surface area contributed by atoms with Crippen molar-refractivity contribution in [3.8, 4) is 23.0 Å². The van der Waals surface area contributed by atoms with Crippen LogP contribution in [0.5, 0.6) is 23.0 Å². The minimum Gasteiger partial charge on any atom is -0.507 e. The van der Waals surface area contributed by atoms with Crippen molar-refractivity contribution in [2.24, 2.45) is 7.05 Å². The van der Waals surface area contributed by atoms with Gasteiger partial charge in [0.2, 0.25) is 5.43 Å². The molecule has 1 aliphatic rings. The minimum absolute atomic E-state index is 0.156. The zero-order chi connectivity index (χ0) is 26.9. The highest BCUT2D eigenvalue weighted by Gasteiger charge is 2.46. The van der Waals surface area contributed by atoms with E-state index in [9.17, 15) is 19.8 Å². The zero-order valence-corrected chi connectivity index (χ0v) is 21.1. The van der Waals surface area contributed by atoms with E-state index < -0.39 is 23.4 Å². The molecule has 194 valence electrons. The molecular weight excluding hydrogens is 490 g/mol. The first-order chi connectivity index (χ1) is 18.1. The molecule has 0 spiro atoms. The maximum atomic E-state index is 13.5. The van der Waals surface area contributed by atoms with Crippen LogP contribution in [-0.2, 0) is 7.05 Å². The van der Waals surface area contributed by atoms with Crippen LogP contribution in [0.1, 0.15) is 25.5 Å². The van der Waals surface area contributed by atoms with Gasteiger partial charge in [0.1, 0.15) is 40.3 Å². The van der Waals surface area contributed by atoms with Crippen LogP contribution in [0, 0.1) is 0 Å². The number of phenolic OH excluding ortho intramolecular Hbond substituents is 1. The van der Waals surface area contributed by atoms with Crippen LogP contribution in [0.4, 0.5) is 0 Å². The van der Waals surface area contributed by atoms with Crippen LogP contribution in [-0.4, -0.2) is 33.6 Å². The van der Waals surface area contributed by atoms with Gasteiger partial charge in [0.05, 0.1) is 34.5 Å². The monoisotopic (exact) mass is 515 g/mol. The highest BCUT2D eigenvalue weighted by atomic mass is 16.5. The topological polar surface area (TPSA) is 120 Å². The van der Waals surface area contributed by atoms with E-state index in [2.05, 4.69) is 0 Å². The summed E-state index contributed by atoms with van der Waals surface area (Å²) in [4.78, 5) is 25.6. The average Bonchev–Trinajstić information content (AvgIpc) is 2.88. The Bertz CT molecular complexity index is 1880. The van der Waals surface area contributed by atoms with E-state index in [4.69, 9.17) is 18.6 Å². The molecular formula is C29H25NO8. The number of aromatic hydroxyl groups is 1. The summed E-state index contributed by atoms with van der Waals surface area (Å²) in [5, 5.41) is 23.1. The first-order valence-electron chi connectivity index (χ1n) is 12.0. The molecule has 0 saturated carbocycles. The van der Waals surface area contributed by atoms with Crippen LogP contribution in [0.15, 0.2) is 68.6 Å². The van der Waals surface area contributed by atoms with Crippen LogP contribution >= 0.6 is 0 Å². The summed E-state index contributed by atoms with van der Waals surface area (Å²) in [6.45, 7) is 3.48. The molecule has 1 aliphatic heterocycles. The number of benzene rings is 3. The number of aliphatic hydroxyl groups is 1. The van der Waals surface area contributed by atoms with Gasteiger partial charge in [-0.2, -0.15) is 0 Å². The molecule has 0 saturated heterocycles. The second-order valence-corrected chi connectivity index (χ2v) is 9.92. The Balaban J connectivity index is 1.63. The van der Waals surface area contributed by atoms with Crippen molar-refractivity contribution >= 4 is 32.8 Å². The lowest BCUT2D eigenvalue weighted by atomic mass is 9.87. The third kappa shape index (κ3) is 3.42. The van der Waals surface area contributed by atoms with Crippen molar-refractivity contribution in [1.29, 1.82) is 0 Å². The van der Waals surface area contributed by atoms with E-state index in [1.807, 2.05) is 0 Å². The first kappa shape index (κ1) is 23.9. The molecule has 5 aromatic rings. The van der Waals surface area contributed by atoms with Gasteiger partial charge >= 0.3 is 5.63 Å². The van der Waals surface area contributed by atoms with Gasteiger partial charge in [0.15, 0.2) is 6.10 Å². The van der Waals surface area contributed by atoms with Gasteiger partial charge in [-0.25, -0.2) is 4.79 Å². The summed E-state index contributed by atoms with van der Waals surface area (Å²) in [6.07, 6.45) is -2.17.